The summed E-state index contributed by atoms with van der Waals surface area (Å²) in [4.78, 5) is 13.1. The van der Waals surface area contributed by atoms with Crippen molar-refractivity contribution in [2.24, 2.45) is 0 Å². The second-order valence-electron chi connectivity index (χ2n) is 3.36. The monoisotopic (exact) mass is 217 g/mol. The summed E-state index contributed by atoms with van der Waals surface area (Å²) in [7, 11) is 0. The van der Waals surface area contributed by atoms with Crippen molar-refractivity contribution in [3.63, 3.8) is 0 Å². The van der Waals surface area contributed by atoms with Crippen LogP contribution in [0.1, 0.15) is 11.3 Å². The summed E-state index contributed by atoms with van der Waals surface area (Å²) in [6.07, 6.45) is 1.80. The van der Waals surface area contributed by atoms with Crippen molar-refractivity contribution in [2.45, 2.75) is 13.8 Å². The minimum Gasteiger partial charge on any atom is -0.259 e. The maximum atomic E-state index is 4.43. The summed E-state index contributed by atoms with van der Waals surface area (Å²) in [6.45, 7) is 3.89. The summed E-state index contributed by atoms with van der Waals surface area (Å²) < 4.78 is 8.14. The largest absolute Gasteiger partial charge is 0.259 e. The molecular formula is C9H7N5S. The van der Waals surface area contributed by atoms with Gasteiger partial charge in [-0.25, -0.2) is 9.97 Å². The van der Waals surface area contributed by atoms with Crippen LogP contribution in [-0.4, -0.2) is 23.7 Å². The van der Waals surface area contributed by atoms with Gasteiger partial charge >= 0.3 is 0 Å². The Morgan fingerprint density at radius 3 is 2.40 bits per heavy atom. The van der Waals surface area contributed by atoms with Gasteiger partial charge in [-0.2, -0.15) is 8.75 Å². The van der Waals surface area contributed by atoms with Crippen molar-refractivity contribution in [3.8, 4) is 0 Å². The summed E-state index contributed by atoms with van der Waals surface area (Å²) in [5.74, 6) is 0. The standard InChI is InChI=1S/C9H7N5S/c1-4-3-10-5(2)7-6(4)11-8-9(12-7)14-15-13-8/h3H,1-2H3. The van der Waals surface area contributed by atoms with Gasteiger partial charge in [-0.05, 0) is 19.4 Å². The topological polar surface area (TPSA) is 64.5 Å². The highest BCUT2D eigenvalue weighted by atomic mass is 32.1. The maximum absolute atomic E-state index is 4.43. The molecule has 15 heavy (non-hydrogen) atoms. The first-order valence-electron chi connectivity index (χ1n) is 4.48. The minimum absolute atomic E-state index is 0.600. The van der Waals surface area contributed by atoms with E-state index in [-0.39, 0.29) is 0 Å². The van der Waals surface area contributed by atoms with Crippen LogP contribution in [0.4, 0.5) is 0 Å². The number of pyridine rings is 1. The fourth-order valence-electron chi connectivity index (χ4n) is 1.48. The molecule has 0 aliphatic rings. The summed E-state index contributed by atoms with van der Waals surface area (Å²) >= 11 is 1.13. The van der Waals surface area contributed by atoms with Crippen LogP contribution < -0.4 is 0 Å². The van der Waals surface area contributed by atoms with Crippen LogP contribution in [0.3, 0.4) is 0 Å². The summed E-state index contributed by atoms with van der Waals surface area (Å²) in [5.41, 5.74) is 4.78. The molecule has 0 fully saturated rings. The van der Waals surface area contributed by atoms with E-state index in [1.165, 1.54) is 0 Å². The number of fused-ring (bicyclic) bond motifs is 2. The van der Waals surface area contributed by atoms with Gasteiger partial charge in [-0.3, -0.25) is 4.98 Å². The molecule has 0 unspecified atom stereocenters. The molecule has 0 saturated carbocycles. The molecule has 0 radical (unpaired) electrons. The highest BCUT2D eigenvalue weighted by Gasteiger charge is 2.09. The molecule has 0 amide bonds. The number of rotatable bonds is 0. The maximum Gasteiger partial charge on any atom is 0.213 e. The molecular weight excluding hydrogens is 210 g/mol. The number of hydrogen-bond donors (Lipinski definition) is 0. The Balaban J connectivity index is 2.58. The average Bonchev–Trinajstić information content (AvgIpc) is 2.69. The molecule has 74 valence electrons. The molecule has 3 rings (SSSR count). The van der Waals surface area contributed by atoms with Crippen LogP contribution in [0.25, 0.3) is 22.3 Å². The molecule has 0 atom stereocenters. The Hall–Kier alpha value is -1.69. The zero-order valence-electron chi connectivity index (χ0n) is 8.22. The highest BCUT2D eigenvalue weighted by molar-refractivity contribution is 6.99. The number of nitrogens with zero attached hydrogens (tertiary/aromatic N) is 5. The van der Waals surface area contributed by atoms with Gasteiger partial charge in [0.1, 0.15) is 5.52 Å². The third kappa shape index (κ3) is 1.18. The Kier molecular flexibility index (Phi) is 1.66. The quantitative estimate of drug-likeness (QED) is 0.572. The number of aryl methyl sites for hydroxylation is 2. The molecule has 0 N–H and O–H groups in total. The molecule has 3 heterocycles. The van der Waals surface area contributed by atoms with Crippen LogP contribution in [-0.2, 0) is 0 Å². The van der Waals surface area contributed by atoms with Gasteiger partial charge in [0.15, 0.2) is 0 Å². The average molecular weight is 217 g/mol. The summed E-state index contributed by atoms with van der Waals surface area (Å²) in [6, 6.07) is 0. The fourth-order valence-corrected chi connectivity index (χ4v) is 1.92. The normalized spacial score (nSPS) is 11.3. The van der Waals surface area contributed by atoms with Gasteiger partial charge in [-0.15, -0.1) is 0 Å². The Bertz CT molecular complexity index is 604. The first kappa shape index (κ1) is 8.60. The molecule has 0 aliphatic carbocycles. The van der Waals surface area contributed by atoms with Gasteiger partial charge in [-0.1, -0.05) is 0 Å². The lowest BCUT2D eigenvalue weighted by molar-refractivity contribution is 1.17. The van der Waals surface area contributed by atoms with Crippen LogP contribution in [0, 0.1) is 13.8 Å². The molecule has 0 saturated heterocycles. The van der Waals surface area contributed by atoms with Crippen molar-refractivity contribution < 1.29 is 0 Å². The number of hydrogen-bond acceptors (Lipinski definition) is 6. The van der Waals surface area contributed by atoms with E-state index < -0.39 is 0 Å². The van der Waals surface area contributed by atoms with E-state index in [0.29, 0.717) is 11.3 Å². The molecule has 6 heteroatoms. The Morgan fingerprint density at radius 2 is 1.67 bits per heavy atom. The molecule has 0 aromatic carbocycles. The first-order valence-corrected chi connectivity index (χ1v) is 5.21. The van der Waals surface area contributed by atoms with E-state index in [0.717, 1.165) is 34.0 Å². The Morgan fingerprint density at radius 1 is 1.00 bits per heavy atom. The van der Waals surface area contributed by atoms with E-state index in [1.807, 2.05) is 13.8 Å². The van der Waals surface area contributed by atoms with E-state index in [9.17, 15) is 0 Å². The van der Waals surface area contributed by atoms with Crippen LogP contribution in [0.2, 0.25) is 0 Å². The van der Waals surface area contributed by atoms with E-state index in [4.69, 9.17) is 0 Å². The smallest absolute Gasteiger partial charge is 0.213 e. The zero-order chi connectivity index (χ0) is 10.4. The van der Waals surface area contributed by atoms with Crippen LogP contribution >= 0.6 is 11.7 Å². The lowest BCUT2D eigenvalue weighted by Gasteiger charge is -2.01. The van der Waals surface area contributed by atoms with Crippen LogP contribution in [0.5, 0.6) is 0 Å². The van der Waals surface area contributed by atoms with Gasteiger partial charge < -0.3 is 0 Å². The first-order chi connectivity index (χ1) is 7.25. The van der Waals surface area contributed by atoms with E-state index in [2.05, 4.69) is 23.7 Å². The zero-order valence-corrected chi connectivity index (χ0v) is 9.04. The molecule has 0 aliphatic heterocycles. The Labute approximate surface area is 89.5 Å². The third-order valence-electron chi connectivity index (χ3n) is 2.28. The van der Waals surface area contributed by atoms with Crippen molar-refractivity contribution in [1.29, 1.82) is 0 Å². The lowest BCUT2D eigenvalue weighted by atomic mass is 10.2. The van der Waals surface area contributed by atoms with Gasteiger partial charge in [0.25, 0.3) is 0 Å². The van der Waals surface area contributed by atoms with E-state index >= 15 is 0 Å². The minimum atomic E-state index is 0.600. The predicted octanol–water partition coefficient (Wildman–Crippen LogP) is 1.65. The van der Waals surface area contributed by atoms with Crippen LogP contribution in [0.15, 0.2) is 6.20 Å². The molecule has 3 aromatic heterocycles. The van der Waals surface area contributed by atoms with Gasteiger partial charge in [0.2, 0.25) is 11.3 Å². The van der Waals surface area contributed by atoms with Gasteiger partial charge in [0.05, 0.1) is 22.9 Å². The van der Waals surface area contributed by atoms with Crippen molar-refractivity contribution in [2.75, 3.05) is 0 Å². The highest BCUT2D eigenvalue weighted by Crippen LogP contribution is 2.18. The third-order valence-corrected chi connectivity index (χ3v) is 2.79. The van der Waals surface area contributed by atoms with Crippen molar-refractivity contribution in [3.05, 3.63) is 17.5 Å². The lowest BCUT2D eigenvalue weighted by Crippen LogP contribution is -1.94. The molecule has 0 bridgehead atoms. The molecule has 3 aromatic rings. The predicted molar refractivity (Wildman–Crippen MR) is 57.8 cm³/mol. The fraction of sp³-hybridized carbons (Fsp3) is 0.222. The van der Waals surface area contributed by atoms with Crippen molar-refractivity contribution >= 4 is 34.1 Å². The second kappa shape index (κ2) is 2.90. The molecule has 5 nitrogen and oxygen atoms in total. The number of aromatic nitrogens is 5. The summed E-state index contributed by atoms with van der Waals surface area (Å²) in [5, 5.41) is 0. The second-order valence-corrected chi connectivity index (χ2v) is 3.89. The molecule has 0 spiro atoms. The SMILES string of the molecule is Cc1cnc(C)c2nc3nsnc3nc12. The van der Waals surface area contributed by atoms with Crippen molar-refractivity contribution in [1.82, 2.24) is 23.7 Å². The van der Waals surface area contributed by atoms with E-state index in [1.54, 1.807) is 6.20 Å². The van der Waals surface area contributed by atoms with Gasteiger partial charge in [0, 0.05) is 6.20 Å².